The standard InChI is InChI=1S/C11H13NO6.ClH/c1-16-10(14)8-5-7(18-4-3-13)6-9(12-8)11(15)17-2;/h5-6,13H,3-4H2,1-2H3;1H. The number of pyridine rings is 1. The van der Waals surface area contributed by atoms with Crippen molar-refractivity contribution in [1.29, 1.82) is 0 Å². The van der Waals surface area contributed by atoms with Gasteiger partial charge in [0.15, 0.2) is 11.4 Å². The normalized spacial score (nSPS) is 9.21. The number of esters is 2. The second-order valence-corrected chi connectivity index (χ2v) is 3.13. The maximum atomic E-state index is 11.4. The first kappa shape index (κ1) is 17.1. The van der Waals surface area contributed by atoms with Gasteiger partial charge in [0, 0.05) is 12.1 Å². The number of hydrogen-bond acceptors (Lipinski definition) is 7. The van der Waals surface area contributed by atoms with Crippen LogP contribution < -0.4 is 4.74 Å². The zero-order valence-electron chi connectivity index (χ0n) is 10.4. The number of nitrogens with zero attached hydrogens (tertiary/aromatic N) is 1. The summed E-state index contributed by atoms with van der Waals surface area (Å²) in [5.74, 6) is -1.18. The maximum absolute atomic E-state index is 11.4. The van der Waals surface area contributed by atoms with Gasteiger partial charge in [0.25, 0.3) is 0 Å². The van der Waals surface area contributed by atoms with Crippen LogP contribution in [0.4, 0.5) is 0 Å². The molecule has 0 spiro atoms. The summed E-state index contributed by atoms with van der Waals surface area (Å²) in [5, 5.41) is 8.65. The lowest BCUT2D eigenvalue weighted by molar-refractivity contribution is 0.0584. The molecule has 0 bridgehead atoms. The highest BCUT2D eigenvalue weighted by Gasteiger charge is 2.16. The van der Waals surface area contributed by atoms with Crippen molar-refractivity contribution in [2.75, 3.05) is 27.4 Å². The Morgan fingerprint density at radius 2 is 1.63 bits per heavy atom. The smallest absolute Gasteiger partial charge is 0.356 e. The molecule has 1 N–H and O–H groups in total. The van der Waals surface area contributed by atoms with Crippen LogP contribution in [0, 0.1) is 0 Å². The van der Waals surface area contributed by atoms with Gasteiger partial charge in [0.05, 0.1) is 20.8 Å². The van der Waals surface area contributed by atoms with Crippen LogP contribution >= 0.6 is 12.4 Å². The minimum atomic E-state index is -0.699. The highest BCUT2D eigenvalue weighted by atomic mass is 35.5. The summed E-state index contributed by atoms with van der Waals surface area (Å²) in [7, 11) is 2.40. The molecule has 0 aliphatic heterocycles. The number of carbonyl (C=O) groups excluding carboxylic acids is 2. The Hall–Kier alpha value is -1.86. The number of methoxy groups -OCH3 is 2. The van der Waals surface area contributed by atoms with Crippen molar-refractivity contribution in [1.82, 2.24) is 4.98 Å². The van der Waals surface area contributed by atoms with E-state index in [1.54, 1.807) is 0 Å². The third-order valence-electron chi connectivity index (χ3n) is 1.95. The fraction of sp³-hybridized carbons (Fsp3) is 0.364. The van der Waals surface area contributed by atoms with Crippen LogP contribution in [0.1, 0.15) is 21.0 Å². The third-order valence-corrected chi connectivity index (χ3v) is 1.95. The van der Waals surface area contributed by atoms with Crippen molar-refractivity contribution < 1.29 is 28.9 Å². The minimum absolute atomic E-state index is 0. The molecular weight excluding hydrogens is 278 g/mol. The molecule has 0 unspecified atom stereocenters. The Kier molecular flexibility index (Phi) is 7.47. The summed E-state index contributed by atoms with van der Waals surface area (Å²) >= 11 is 0. The Balaban J connectivity index is 0.00000324. The Morgan fingerprint density at radius 1 is 1.16 bits per heavy atom. The molecule has 0 aliphatic carbocycles. The summed E-state index contributed by atoms with van der Waals surface area (Å²) < 4.78 is 14.1. The molecule has 0 atom stereocenters. The van der Waals surface area contributed by atoms with Gasteiger partial charge in [-0.05, 0) is 0 Å². The highest BCUT2D eigenvalue weighted by molar-refractivity contribution is 5.92. The van der Waals surface area contributed by atoms with Crippen molar-refractivity contribution >= 4 is 24.3 Å². The quantitative estimate of drug-likeness (QED) is 0.787. The number of aliphatic hydroxyl groups is 1. The number of hydrogen-bond donors (Lipinski definition) is 1. The summed E-state index contributed by atoms with van der Waals surface area (Å²) in [5.41, 5.74) is -0.151. The molecule has 1 aromatic rings. The van der Waals surface area contributed by atoms with E-state index in [4.69, 9.17) is 9.84 Å². The average Bonchev–Trinajstić information content (AvgIpc) is 2.42. The first-order chi connectivity index (χ1) is 8.62. The van der Waals surface area contributed by atoms with Crippen LogP contribution in [-0.2, 0) is 9.47 Å². The topological polar surface area (TPSA) is 95.0 Å². The molecule has 1 aromatic heterocycles. The second-order valence-electron chi connectivity index (χ2n) is 3.13. The van der Waals surface area contributed by atoms with E-state index in [0.717, 1.165) is 0 Å². The molecule has 0 radical (unpaired) electrons. The molecule has 7 nitrogen and oxygen atoms in total. The lowest BCUT2D eigenvalue weighted by Gasteiger charge is -2.07. The molecule has 0 saturated carbocycles. The molecule has 19 heavy (non-hydrogen) atoms. The van der Waals surface area contributed by atoms with E-state index in [9.17, 15) is 9.59 Å². The van der Waals surface area contributed by atoms with Gasteiger partial charge in [-0.3, -0.25) is 0 Å². The number of carbonyl (C=O) groups is 2. The number of halogens is 1. The van der Waals surface area contributed by atoms with Crippen LogP contribution in [-0.4, -0.2) is 49.5 Å². The van der Waals surface area contributed by atoms with Gasteiger partial charge < -0.3 is 19.3 Å². The molecule has 0 amide bonds. The van der Waals surface area contributed by atoms with Crippen molar-refractivity contribution in [2.45, 2.75) is 0 Å². The van der Waals surface area contributed by atoms with Crippen molar-refractivity contribution in [2.24, 2.45) is 0 Å². The Bertz CT molecular complexity index is 417. The third kappa shape index (κ3) is 4.72. The van der Waals surface area contributed by atoms with E-state index in [1.165, 1.54) is 26.4 Å². The van der Waals surface area contributed by atoms with Crippen molar-refractivity contribution in [3.8, 4) is 5.75 Å². The van der Waals surface area contributed by atoms with Gasteiger partial charge in [0.1, 0.15) is 12.4 Å². The van der Waals surface area contributed by atoms with Crippen LogP contribution in [0.5, 0.6) is 5.75 Å². The van der Waals surface area contributed by atoms with Crippen molar-refractivity contribution in [3.63, 3.8) is 0 Å². The maximum Gasteiger partial charge on any atom is 0.356 e. The van der Waals surface area contributed by atoms with Crippen LogP contribution in [0.2, 0.25) is 0 Å². The number of rotatable bonds is 5. The first-order valence-corrected chi connectivity index (χ1v) is 5.04. The number of aromatic nitrogens is 1. The fourth-order valence-electron chi connectivity index (χ4n) is 1.17. The second kappa shape index (κ2) is 8.28. The monoisotopic (exact) mass is 291 g/mol. The Morgan fingerprint density at radius 3 is 2.00 bits per heavy atom. The molecule has 1 rings (SSSR count). The lowest BCUT2D eigenvalue weighted by Crippen LogP contribution is -2.12. The molecule has 0 aliphatic rings. The van der Waals surface area contributed by atoms with Crippen LogP contribution in [0.15, 0.2) is 12.1 Å². The number of ether oxygens (including phenoxy) is 3. The predicted molar refractivity (Wildman–Crippen MR) is 66.7 cm³/mol. The van der Waals surface area contributed by atoms with Crippen LogP contribution in [0.25, 0.3) is 0 Å². The van der Waals surface area contributed by atoms with E-state index in [-0.39, 0.29) is 42.8 Å². The SMILES string of the molecule is COC(=O)c1cc(OCCO)cc(C(=O)OC)n1.Cl. The van der Waals surface area contributed by atoms with Crippen molar-refractivity contribution in [3.05, 3.63) is 23.5 Å². The first-order valence-electron chi connectivity index (χ1n) is 5.04. The van der Waals surface area contributed by atoms with Gasteiger partial charge in [-0.25, -0.2) is 14.6 Å². The summed E-state index contributed by atoms with van der Waals surface area (Å²) in [6.45, 7) is -0.158. The fourth-order valence-corrected chi connectivity index (χ4v) is 1.17. The van der Waals surface area contributed by atoms with E-state index >= 15 is 0 Å². The van der Waals surface area contributed by atoms with E-state index < -0.39 is 11.9 Å². The summed E-state index contributed by atoms with van der Waals surface area (Å²) in [6, 6.07) is 2.63. The average molecular weight is 292 g/mol. The van der Waals surface area contributed by atoms with Gasteiger partial charge in [-0.15, -0.1) is 12.4 Å². The van der Waals surface area contributed by atoms with Gasteiger partial charge in [0.2, 0.25) is 0 Å². The van der Waals surface area contributed by atoms with E-state index in [0.29, 0.717) is 0 Å². The highest BCUT2D eigenvalue weighted by Crippen LogP contribution is 2.15. The molecule has 0 aromatic carbocycles. The molecule has 0 fully saturated rings. The lowest BCUT2D eigenvalue weighted by atomic mass is 10.2. The Labute approximate surface area is 115 Å². The van der Waals surface area contributed by atoms with Gasteiger partial charge in [-0.2, -0.15) is 0 Å². The van der Waals surface area contributed by atoms with Crippen LogP contribution in [0.3, 0.4) is 0 Å². The minimum Gasteiger partial charge on any atom is -0.491 e. The molecule has 8 heteroatoms. The predicted octanol–water partition coefficient (Wildman–Crippen LogP) is 0.448. The molecular formula is C11H14ClNO6. The molecule has 106 valence electrons. The van der Waals surface area contributed by atoms with E-state index in [2.05, 4.69) is 14.5 Å². The molecule has 0 saturated heterocycles. The van der Waals surface area contributed by atoms with Gasteiger partial charge >= 0.3 is 11.9 Å². The zero-order valence-corrected chi connectivity index (χ0v) is 11.2. The van der Waals surface area contributed by atoms with E-state index in [1.807, 2.05) is 0 Å². The summed E-state index contributed by atoms with van der Waals surface area (Å²) in [4.78, 5) is 26.5. The number of aliphatic hydroxyl groups excluding tert-OH is 1. The molecule has 1 heterocycles. The zero-order chi connectivity index (χ0) is 13.5. The summed E-state index contributed by atoms with van der Waals surface area (Å²) in [6.07, 6.45) is 0. The largest absolute Gasteiger partial charge is 0.491 e. The van der Waals surface area contributed by atoms with Gasteiger partial charge in [-0.1, -0.05) is 0 Å².